The lowest BCUT2D eigenvalue weighted by atomic mass is 10.1. The molecule has 0 aliphatic rings. The van der Waals surface area contributed by atoms with Crippen molar-refractivity contribution in [3.8, 4) is 0 Å². The molecular weight excluding hydrogens is 294 g/mol. The van der Waals surface area contributed by atoms with Crippen LogP contribution in [0.2, 0.25) is 0 Å². The van der Waals surface area contributed by atoms with E-state index in [1.165, 1.54) is 17.7 Å². The maximum absolute atomic E-state index is 11.3. The topological polar surface area (TPSA) is 89.5 Å². The molecule has 0 saturated heterocycles. The van der Waals surface area contributed by atoms with Gasteiger partial charge in [0.2, 0.25) is 5.91 Å². The molecule has 2 aromatic rings. The lowest BCUT2D eigenvalue weighted by Crippen LogP contribution is -2.19. The number of carbonyl (C=O) groups is 1. The van der Waals surface area contributed by atoms with E-state index in [2.05, 4.69) is 6.92 Å². The maximum atomic E-state index is 11.3. The third-order valence-electron chi connectivity index (χ3n) is 3.72. The van der Waals surface area contributed by atoms with Gasteiger partial charge in [-0.25, -0.2) is 0 Å². The van der Waals surface area contributed by atoms with Crippen molar-refractivity contribution in [2.24, 2.45) is 5.73 Å². The highest BCUT2D eigenvalue weighted by Gasteiger charge is 2.19. The Morgan fingerprint density at radius 3 is 2.30 bits per heavy atom. The van der Waals surface area contributed by atoms with Crippen LogP contribution >= 0.6 is 0 Å². The van der Waals surface area contributed by atoms with Crippen molar-refractivity contribution in [2.75, 3.05) is 11.9 Å². The van der Waals surface area contributed by atoms with Gasteiger partial charge in [0.15, 0.2) is 0 Å². The van der Waals surface area contributed by atoms with E-state index < -0.39 is 10.8 Å². The summed E-state index contributed by atoms with van der Waals surface area (Å²) in [4.78, 5) is 23.7. The molecule has 0 bridgehead atoms. The average molecular weight is 313 g/mol. The van der Waals surface area contributed by atoms with Gasteiger partial charge in [0, 0.05) is 25.2 Å². The van der Waals surface area contributed by atoms with Gasteiger partial charge in [-0.2, -0.15) is 0 Å². The molecular formula is C17H19N3O3. The molecule has 0 heterocycles. The van der Waals surface area contributed by atoms with E-state index in [0.29, 0.717) is 12.2 Å². The Kier molecular flexibility index (Phi) is 4.95. The van der Waals surface area contributed by atoms with Crippen LogP contribution in [0.3, 0.4) is 0 Å². The third-order valence-corrected chi connectivity index (χ3v) is 3.72. The van der Waals surface area contributed by atoms with E-state index in [4.69, 9.17) is 5.73 Å². The zero-order chi connectivity index (χ0) is 17.0. The summed E-state index contributed by atoms with van der Waals surface area (Å²) in [6, 6.07) is 12.4. The summed E-state index contributed by atoms with van der Waals surface area (Å²) >= 11 is 0. The van der Waals surface area contributed by atoms with Gasteiger partial charge in [-0.05, 0) is 29.7 Å². The number of amides is 1. The second kappa shape index (κ2) is 6.91. The van der Waals surface area contributed by atoms with Crippen molar-refractivity contribution in [1.29, 1.82) is 0 Å². The number of hydrogen-bond acceptors (Lipinski definition) is 4. The van der Waals surface area contributed by atoms with Crippen LogP contribution in [0.15, 0.2) is 42.5 Å². The molecule has 2 aromatic carbocycles. The van der Waals surface area contributed by atoms with Crippen LogP contribution in [0.5, 0.6) is 0 Å². The highest BCUT2D eigenvalue weighted by Crippen LogP contribution is 2.29. The smallest absolute Gasteiger partial charge is 0.293 e. The van der Waals surface area contributed by atoms with Gasteiger partial charge >= 0.3 is 0 Å². The number of nitrogens with zero attached hydrogens (tertiary/aromatic N) is 2. The van der Waals surface area contributed by atoms with E-state index >= 15 is 0 Å². The van der Waals surface area contributed by atoms with E-state index in [1.807, 2.05) is 24.3 Å². The number of benzene rings is 2. The lowest BCUT2D eigenvalue weighted by Gasteiger charge is -2.19. The zero-order valence-electron chi connectivity index (χ0n) is 13.2. The van der Waals surface area contributed by atoms with Crippen LogP contribution in [0.1, 0.15) is 28.4 Å². The predicted octanol–water partition coefficient (Wildman–Crippen LogP) is 2.89. The van der Waals surface area contributed by atoms with E-state index in [9.17, 15) is 14.9 Å². The standard InChI is InChI=1S/C17H19N3O3/c1-3-12-4-6-13(7-5-12)11-19(2)15-9-8-14(17(18)21)10-16(15)20(22)23/h4-10H,3,11H2,1-2H3,(H2,18,21). The third kappa shape index (κ3) is 3.85. The summed E-state index contributed by atoms with van der Waals surface area (Å²) < 4.78 is 0. The number of aryl methyl sites for hydroxylation is 1. The molecule has 23 heavy (non-hydrogen) atoms. The summed E-state index contributed by atoms with van der Waals surface area (Å²) in [7, 11) is 1.78. The molecule has 0 aromatic heterocycles. The molecule has 0 fully saturated rings. The Morgan fingerprint density at radius 2 is 1.78 bits per heavy atom. The molecule has 0 aliphatic carbocycles. The number of nitro groups is 1. The normalized spacial score (nSPS) is 10.3. The van der Waals surface area contributed by atoms with Crippen molar-refractivity contribution in [3.05, 3.63) is 69.3 Å². The molecule has 0 atom stereocenters. The Labute approximate surface area is 134 Å². The molecule has 2 N–H and O–H groups in total. The second-order valence-electron chi connectivity index (χ2n) is 5.35. The van der Waals surface area contributed by atoms with Crippen LogP contribution < -0.4 is 10.6 Å². The summed E-state index contributed by atoms with van der Waals surface area (Å²) in [5.74, 6) is -0.683. The highest BCUT2D eigenvalue weighted by molar-refractivity contribution is 5.94. The molecule has 0 radical (unpaired) electrons. The molecule has 0 saturated carbocycles. The fourth-order valence-electron chi connectivity index (χ4n) is 2.39. The molecule has 6 nitrogen and oxygen atoms in total. The van der Waals surface area contributed by atoms with Gasteiger partial charge in [-0.15, -0.1) is 0 Å². The minimum atomic E-state index is -0.683. The molecule has 0 spiro atoms. The SMILES string of the molecule is CCc1ccc(CN(C)c2ccc(C(N)=O)cc2[N+](=O)[O-])cc1. The lowest BCUT2D eigenvalue weighted by molar-refractivity contribution is -0.384. The largest absolute Gasteiger partial charge is 0.366 e. The highest BCUT2D eigenvalue weighted by atomic mass is 16.6. The molecule has 6 heteroatoms. The fraction of sp³-hybridized carbons (Fsp3) is 0.235. The monoisotopic (exact) mass is 313 g/mol. The first-order chi connectivity index (χ1) is 10.9. The fourth-order valence-corrected chi connectivity index (χ4v) is 2.39. The van der Waals surface area contributed by atoms with Gasteiger partial charge in [-0.1, -0.05) is 31.2 Å². The number of nitro benzene ring substituents is 1. The first-order valence-electron chi connectivity index (χ1n) is 7.29. The van der Waals surface area contributed by atoms with Crippen LogP contribution in [-0.2, 0) is 13.0 Å². The summed E-state index contributed by atoms with van der Waals surface area (Å²) in [5.41, 5.74) is 7.92. The van der Waals surface area contributed by atoms with Crippen LogP contribution in [0.25, 0.3) is 0 Å². The Balaban J connectivity index is 2.28. The Bertz CT molecular complexity index is 726. The van der Waals surface area contributed by atoms with Gasteiger partial charge in [0.05, 0.1) is 4.92 Å². The minimum Gasteiger partial charge on any atom is -0.366 e. The number of primary amides is 1. The Morgan fingerprint density at radius 1 is 1.17 bits per heavy atom. The van der Waals surface area contributed by atoms with Gasteiger partial charge in [0.25, 0.3) is 5.69 Å². The van der Waals surface area contributed by atoms with Crippen LogP contribution in [-0.4, -0.2) is 17.9 Å². The molecule has 2 rings (SSSR count). The predicted molar refractivity (Wildman–Crippen MR) is 89.5 cm³/mol. The molecule has 0 unspecified atom stereocenters. The molecule has 0 aliphatic heterocycles. The zero-order valence-corrected chi connectivity index (χ0v) is 13.2. The van der Waals surface area contributed by atoms with E-state index in [-0.39, 0.29) is 11.3 Å². The number of anilines is 1. The van der Waals surface area contributed by atoms with Crippen molar-refractivity contribution < 1.29 is 9.72 Å². The van der Waals surface area contributed by atoms with Crippen LogP contribution in [0.4, 0.5) is 11.4 Å². The van der Waals surface area contributed by atoms with E-state index in [1.54, 1.807) is 18.0 Å². The summed E-state index contributed by atoms with van der Waals surface area (Å²) in [5, 5.41) is 11.3. The van der Waals surface area contributed by atoms with Gasteiger partial charge < -0.3 is 10.6 Å². The first-order valence-corrected chi connectivity index (χ1v) is 7.29. The average Bonchev–Trinajstić information content (AvgIpc) is 2.54. The number of carbonyl (C=O) groups excluding carboxylic acids is 1. The second-order valence-corrected chi connectivity index (χ2v) is 5.35. The number of rotatable bonds is 6. The van der Waals surface area contributed by atoms with Crippen molar-refractivity contribution >= 4 is 17.3 Å². The number of nitrogens with two attached hydrogens (primary N) is 1. The number of hydrogen-bond donors (Lipinski definition) is 1. The van der Waals surface area contributed by atoms with Gasteiger partial charge in [-0.3, -0.25) is 14.9 Å². The van der Waals surface area contributed by atoms with Crippen molar-refractivity contribution in [2.45, 2.75) is 19.9 Å². The van der Waals surface area contributed by atoms with E-state index in [0.717, 1.165) is 12.0 Å². The van der Waals surface area contributed by atoms with Crippen molar-refractivity contribution in [1.82, 2.24) is 0 Å². The first kappa shape index (κ1) is 16.5. The Hall–Kier alpha value is -2.89. The summed E-state index contributed by atoms with van der Waals surface area (Å²) in [6.07, 6.45) is 0.968. The van der Waals surface area contributed by atoms with Gasteiger partial charge in [0.1, 0.15) is 5.69 Å². The van der Waals surface area contributed by atoms with Crippen molar-refractivity contribution in [3.63, 3.8) is 0 Å². The molecule has 1 amide bonds. The quantitative estimate of drug-likeness (QED) is 0.656. The molecule has 120 valence electrons. The minimum absolute atomic E-state index is 0.126. The summed E-state index contributed by atoms with van der Waals surface area (Å²) in [6.45, 7) is 2.62. The van der Waals surface area contributed by atoms with Crippen LogP contribution in [0, 0.1) is 10.1 Å². The maximum Gasteiger partial charge on any atom is 0.293 e.